The lowest BCUT2D eigenvalue weighted by Crippen LogP contribution is -1.93. The molecule has 0 aliphatic heterocycles. The van der Waals surface area contributed by atoms with Crippen molar-refractivity contribution in [1.29, 1.82) is 5.26 Å². The average Bonchev–Trinajstić information content (AvgIpc) is 2.45. The van der Waals surface area contributed by atoms with Gasteiger partial charge in [0.1, 0.15) is 0 Å². The number of nitriles is 1. The molecule has 2 nitrogen and oxygen atoms in total. The fraction of sp³-hybridized carbons (Fsp3) is 0.0769. The number of benzene rings is 1. The topological polar surface area (TPSA) is 36.7 Å². The lowest BCUT2D eigenvalue weighted by molar-refractivity contribution is 1.21. The Bertz CT molecular complexity index is 692. The van der Waals surface area contributed by atoms with Gasteiger partial charge in [-0.3, -0.25) is 4.98 Å². The van der Waals surface area contributed by atoms with Crippen LogP contribution in [-0.4, -0.2) is 4.98 Å². The summed E-state index contributed by atoms with van der Waals surface area (Å²) in [6.45, 7) is 0. The first kappa shape index (κ1) is 15.7. The Hall–Kier alpha value is -0.690. The predicted molar refractivity (Wildman–Crippen MR) is 84.0 cm³/mol. The van der Waals surface area contributed by atoms with Crippen LogP contribution in [0.5, 0.6) is 0 Å². The molecule has 0 fully saturated rings. The van der Waals surface area contributed by atoms with Gasteiger partial charge in [0.15, 0.2) is 0 Å². The third kappa shape index (κ3) is 2.70. The fourth-order valence-electron chi connectivity index (χ4n) is 1.73. The second-order valence-electron chi connectivity index (χ2n) is 3.81. The van der Waals surface area contributed by atoms with Crippen molar-refractivity contribution in [3.63, 3.8) is 0 Å². The van der Waals surface area contributed by atoms with E-state index in [-0.39, 0.29) is 31.5 Å². The van der Waals surface area contributed by atoms with Crippen molar-refractivity contribution in [2.24, 2.45) is 0 Å². The van der Waals surface area contributed by atoms with Gasteiger partial charge in [-0.05, 0) is 11.6 Å². The van der Waals surface area contributed by atoms with E-state index in [1.807, 2.05) is 0 Å². The van der Waals surface area contributed by atoms with Crippen molar-refractivity contribution in [2.45, 2.75) is 6.42 Å². The highest BCUT2D eigenvalue weighted by atomic mass is 35.5. The maximum absolute atomic E-state index is 8.87. The Morgan fingerprint density at radius 3 is 2.05 bits per heavy atom. The molecule has 102 valence electrons. The average molecular weight is 366 g/mol. The van der Waals surface area contributed by atoms with Gasteiger partial charge in [-0.1, -0.05) is 58.0 Å². The molecule has 0 bridgehead atoms. The molecule has 2 aromatic rings. The molecule has 0 spiro atoms. The van der Waals surface area contributed by atoms with Crippen LogP contribution in [0.15, 0.2) is 18.5 Å². The van der Waals surface area contributed by atoms with Crippen LogP contribution in [0.4, 0.5) is 0 Å². The second-order valence-corrected chi connectivity index (χ2v) is 5.70. The lowest BCUT2D eigenvalue weighted by atomic mass is 10.00. The maximum atomic E-state index is 8.87. The van der Waals surface area contributed by atoms with Gasteiger partial charge >= 0.3 is 0 Å². The Balaban J connectivity index is 2.81. The van der Waals surface area contributed by atoms with Crippen molar-refractivity contribution in [1.82, 2.24) is 4.98 Å². The van der Waals surface area contributed by atoms with Crippen molar-refractivity contribution in [2.75, 3.05) is 0 Å². The molecular weight excluding hydrogens is 361 g/mol. The van der Waals surface area contributed by atoms with Crippen molar-refractivity contribution in [3.8, 4) is 17.2 Å². The molecule has 0 saturated heterocycles. The number of hydrogen-bond acceptors (Lipinski definition) is 2. The van der Waals surface area contributed by atoms with E-state index in [0.717, 1.165) is 5.56 Å². The molecule has 1 heterocycles. The molecular formula is C13H5Cl5N2. The standard InChI is InChI=1S/C13H5Cl5N2/c14-9-8(10(15)12(17)13(18)11(9)16)7-5-20-4-2-6(7)1-3-19/h2,4-5H,1H2. The SMILES string of the molecule is N#CCc1ccncc1-c1c(Cl)c(Cl)c(Cl)c(Cl)c1Cl. The van der Waals surface area contributed by atoms with E-state index in [1.165, 1.54) is 0 Å². The van der Waals surface area contributed by atoms with Crippen LogP contribution >= 0.6 is 58.0 Å². The molecule has 1 aromatic heterocycles. The number of nitrogens with zero attached hydrogens (tertiary/aromatic N) is 2. The number of aromatic nitrogens is 1. The zero-order valence-corrected chi connectivity index (χ0v) is 13.5. The molecule has 0 N–H and O–H groups in total. The van der Waals surface area contributed by atoms with Gasteiger partial charge in [0.05, 0.1) is 37.6 Å². The summed E-state index contributed by atoms with van der Waals surface area (Å²) in [4.78, 5) is 4.02. The molecule has 0 aliphatic rings. The van der Waals surface area contributed by atoms with E-state index < -0.39 is 0 Å². The summed E-state index contributed by atoms with van der Waals surface area (Å²) in [7, 11) is 0. The number of halogens is 5. The third-order valence-corrected chi connectivity index (χ3v) is 4.94. The van der Waals surface area contributed by atoms with Gasteiger partial charge in [0.25, 0.3) is 0 Å². The van der Waals surface area contributed by atoms with Crippen LogP contribution in [-0.2, 0) is 6.42 Å². The van der Waals surface area contributed by atoms with Crippen LogP contribution in [0.1, 0.15) is 5.56 Å². The van der Waals surface area contributed by atoms with Crippen LogP contribution < -0.4 is 0 Å². The van der Waals surface area contributed by atoms with E-state index in [9.17, 15) is 0 Å². The molecule has 0 radical (unpaired) electrons. The molecule has 0 amide bonds. The summed E-state index contributed by atoms with van der Waals surface area (Å²) < 4.78 is 0. The van der Waals surface area contributed by atoms with Crippen molar-refractivity contribution < 1.29 is 0 Å². The minimum atomic E-state index is 0.0952. The van der Waals surface area contributed by atoms with Crippen LogP contribution in [0.25, 0.3) is 11.1 Å². The predicted octanol–water partition coefficient (Wildman–Crippen LogP) is 6.08. The van der Waals surface area contributed by atoms with Crippen molar-refractivity contribution >= 4 is 58.0 Å². The van der Waals surface area contributed by atoms with E-state index in [2.05, 4.69) is 11.1 Å². The maximum Gasteiger partial charge on any atom is 0.0809 e. The first-order chi connectivity index (χ1) is 9.49. The molecule has 1 aromatic carbocycles. The van der Waals surface area contributed by atoms with E-state index in [4.69, 9.17) is 63.3 Å². The Morgan fingerprint density at radius 2 is 1.50 bits per heavy atom. The van der Waals surface area contributed by atoms with E-state index in [0.29, 0.717) is 11.1 Å². The summed E-state index contributed by atoms with van der Waals surface area (Å²) in [6, 6.07) is 3.78. The number of pyridine rings is 1. The summed E-state index contributed by atoms with van der Waals surface area (Å²) in [5.41, 5.74) is 1.75. The monoisotopic (exact) mass is 364 g/mol. The zero-order valence-electron chi connectivity index (χ0n) is 9.72. The third-order valence-electron chi connectivity index (χ3n) is 2.66. The summed E-state index contributed by atoms with van der Waals surface area (Å²) >= 11 is 30.5. The Kier molecular flexibility index (Phi) is 5.01. The number of rotatable bonds is 2. The van der Waals surface area contributed by atoms with Crippen LogP contribution in [0.3, 0.4) is 0 Å². The van der Waals surface area contributed by atoms with Gasteiger partial charge < -0.3 is 0 Å². The molecule has 0 saturated carbocycles. The van der Waals surface area contributed by atoms with Gasteiger partial charge in [-0.2, -0.15) is 5.26 Å². The highest BCUT2D eigenvalue weighted by Gasteiger charge is 2.22. The molecule has 0 aliphatic carbocycles. The highest BCUT2D eigenvalue weighted by Crippen LogP contribution is 2.48. The minimum Gasteiger partial charge on any atom is -0.264 e. The molecule has 2 rings (SSSR count). The Labute approximate surface area is 140 Å². The minimum absolute atomic E-state index is 0.0952. The molecule has 0 unspecified atom stereocenters. The normalized spacial score (nSPS) is 10.4. The second kappa shape index (κ2) is 6.39. The summed E-state index contributed by atoms with van der Waals surface area (Å²) in [5.74, 6) is 0. The number of hydrogen-bond donors (Lipinski definition) is 0. The van der Waals surface area contributed by atoms with Crippen LogP contribution in [0.2, 0.25) is 25.1 Å². The van der Waals surface area contributed by atoms with Gasteiger partial charge in [-0.15, -0.1) is 0 Å². The fourth-order valence-corrected chi connectivity index (χ4v) is 3.07. The van der Waals surface area contributed by atoms with Gasteiger partial charge in [0, 0.05) is 23.5 Å². The first-order valence-corrected chi connectivity index (χ1v) is 7.19. The van der Waals surface area contributed by atoms with Gasteiger partial charge in [0.2, 0.25) is 0 Å². The van der Waals surface area contributed by atoms with Gasteiger partial charge in [-0.25, -0.2) is 0 Å². The molecule has 0 atom stereocenters. The van der Waals surface area contributed by atoms with Crippen LogP contribution in [0, 0.1) is 11.3 Å². The van der Waals surface area contributed by atoms with E-state index in [1.54, 1.807) is 18.5 Å². The molecule has 7 heteroatoms. The smallest absolute Gasteiger partial charge is 0.0809 e. The summed E-state index contributed by atoms with van der Waals surface area (Å²) in [5, 5.41) is 9.56. The first-order valence-electron chi connectivity index (χ1n) is 5.30. The zero-order chi connectivity index (χ0) is 14.9. The molecule has 20 heavy (non-hydrogen) atoms. The lowest BCUT2D eigenvalue weighted by Gasteiger charge is -2.14. The van der Waals surface area contributed by atoms with E-state index >= 15 is 0 Å². The van der Waals surface area contributed by atoms with Crippen molar-refractivity contribution in [3.05, 3.63) is 49.1 Å². The quantitative estimate of drug-likeness (QED) is 0.477. The summed E-state index contributed by atoms with van der Waals surface area (Å²) in [6.07, 6.45) is 3.32. The highest BCUT2D eigenvalue weighted by molar-refractivity contribution is 6.56. The Morgan fingerprint density at radius 1 is 0.950 bits per heavy atom. The largest absolute Gasteiger partial charge is 0.264 e.